The maximum absolute atomic E-state index is 12.5. The number of nitrogens with zero attached hydrogens (tertiary/aromatic N) is 4. The second-order valence-electron chi connectivity index (χ2n) is 8.24. The summed E-state index contributed by atoms with van der Waals surface area (Å²) >= 11 is 0. The number of rotatable bonds is 8. The van der Waals surface area contributed by atoms with Crippen molar-refractivity contribution in [2.75, 3.05) is 22.7 Å². The van der Waals surface area contributed by atoms with Gasteiger partial charge in [0.05, 0.1) is 35.1 Å². The van der Waals surface area contributed by atoms with Gasteiger partial charge in [0, 0.05) is 19.3 Å². The van der Waals surface area contributed by atoms with E-state index in [1.165, 1.54) is 12.4 Å². The molecule has 10 heteroatoms. The molecule has 2 N–H and O–H groups in total. The van der Waals surface area contributed by atoms with Gasteiger partial charge in [0.15, 0.2) is 0 Å². The minimum Gasteiger partial charge on any atom is -0.355 e. The van der Waals surface area contributed by atoms with Crippen molar-refractivity contribution in [1.29, 1.82) is 0 Å². The first-order valence-corrected chi connectivity index (χ1v) is 12.2. The molecular formula is C21H28N6O3S. The first kappa shape index (κ1) is 21.5. The average Bonchev–Trinajstić information content (AvgIpc) is 3.51. The Balaban J connectivity index is 1.37. The Morgan fingerprint density at radius 3 is 2.74 bits per heavy atom. The summed E-state index contributed by atoms with van der Waals surface area (Å²) in [6.45, 7) is 6.17. The Bertz CT molecular complexity index is 1070. The molecule has 1 atom stereocenters. The van der Waals surface area contributed by atoms with Gasteiger partial charge < -0.3 is 10.2 Å². The highest BCUT2D eigenvalue weighted by Gasteiger charge is 2.35. The van der Waals surface area contributed by atoms with Crippen LogP contribution in [-0.4, -0.2) is 47.6 Å². The molecule has 3 heterocycles. The standard InChI is InChI=1S/C21H28N6O3S/c1-3-15-7-9-27(13-15)20-14(2)25-19(12-23-20)21(28)24-11-17-10-16(6-8-22-17)26-31(29,30)18-4-5-18/h6,8,10,12,15,18H,3-5,7,9,11,13H2,1-2H3,(H,22,26)(H,24,28)/t15-/m0/s1. The van der Waals surface area contributed by atoms with Crippen LogP contribution in [0.15, 0.2) is 24.5 Å². The van der Waals surface area contributed by atoms with Gasteiger partial charge in [-0.2, -0.15) is 0 Å². The molecule has 9 nitrogen and oxygen atoms in total. The molecule has 1 amide bonds. The van der Waals surface area contributed by atoms with Crippen LogP contribution in [0.25, 0.3) is 0 Å². The van der Waals surface area contributed by atoms with Crippen LogP contribution in [0.5, 0.6) is 0 Å². The lowest BCUT2D eigenvalue weighted by molar-refractivity contribution is 0.0945. The molecule has 0 unspecified atom stereocenters. The maximum atomic E-state index is 12.5. The van der Waals surface area contributed by atoms with Crippen LogP contribution in [0.2, 0.25) is 0 Å². The summed E-state index contributed by atoms with van der Waals surface area (Å²) in [7, 11) is -3.34. The van der Waals surface area contributed by atoms with Gasteiger partial charge in [0.25, 0.3) is 5.91 Å². The molecule has 1 aliphatic heterocycles. The third-order valence-corrected chi connectivity index (χ3v) is 7.66. The first-order valence-electron chi connectivity index (χ1n) is 10.7. The van der Waals surface area contributed by atoms with Gasteiger partial charge in [0.1, 0.15) is 11.5 Å². The Hall–Kier alpha value is -2.75. The molecule has 2 aromatic rings. The molecule has 166 valence electrons. The highest BCUT2D eigenvalue weighted by atomic mass is 32.2. The van der Waals surface area contributed by atoms with E-state index in [0.717, 1.165) is 37.4 Å². The van der Waals surface area contributed by atoms with E-state index < -0.39 is 10.0 Å². The highest BCUT2D eigenvalue weighted by molar-refractivity contribution is 7.93. The van der Waals surface area contributed by atoms with Gasteiger partial charge in [-0.25, -0.2) is 18.4 Å². The van der Waals surface area contributed by atoms with Crippen molar-refractivity contribution in [2.24, 2.45) is 5.92 Å². The van der Waals surface area contributed by atoms with Gasteiger partial charge in [-0.15, -0.1) is 0 Å². The quantitative estimate of drug-likeness (QED) is 0.641. The molecule has 2 aromatic heterocycles. The van der Waals surface area contributed by atoms with E-state index in [4.69, 9.17) is 0 Å². The number of sulfonamides is 1. The van der Waals surface area contributed by atoms with Crippen molar-refractivity contribution in [2.45, 2.75) is 51.3 Å². The molecule has 0 spiro atoms. The fraction of sp³-hybridized carbons (Fsp3) is 0.524. The molecule has 1 saturated heterocycles. The van der Waals surface area contributed by atoms with E-state index in [1.54, 1.807) is 12.1 Å². The molecule has 0 aromatic carbocycles. The third-order valence-electron chi connectivity index (χ3n) is 5.79. The zero-order valence-corrected chi connectivity index (χ0v) is 18.7. The Morgan fingerprint density at radius 1 is 1.26 bits per heavy atom. The lowest BCUT2D eigenvalue weighted by atomic mass is 10.1. The fourth-order valence-corrected chi connectivity index (χ4v) is 5.16. The first-order chi connectivity index (χ1) is 14.9. The number of anilines is 2. The van der Waals surface area contributed by atoms with Crippen LogP contribution in [0, 0.1) is 12.8 Å². The van der Waals surface area contributed by atoms with Crippen molar-refractivity contribution in [3.05, 3.63) is 41.6 Å². The number of pyridine rings is 1. The Morgan fingerprint density at radius 2 is 2.06 bits per heavy atom. The number of hydrogen-bond acceptors (Lipinski definition) is 7. The van der Waals surface area contributed by atoms with Crippen LogP contribution < -0.4 is 14.9 Å². The fourth-order valence-electron chi connectivity index (χ4n) is 3.78. The molecule has 2 aliphatic rings. The van der Waals surface area contributed by atoms with Gasteiger partial charge in [-0.3, -0.25) is 14.5 Å². The number of nitrogens with one attached hydrogen (secondary N) is 2. The molecule has 0 radical (unpaired) electrons. The number of amides is 1. The SMILES string of the molecule is CC[C@H]1CCN(c2ncc(C(=O)NCc3cc(NS(=O)(=O)C4CC4)ccn3)nc2C)C1. The van der Waals surface area contributed by atoms with E-state index in [0.29, 0.717) is 30.1 Å². The topological polar surface area (TPSA) is 117 Å². The summed E-state index contributed by atoms with van der Waals surface area (Å²) in [4.78, 5) is 27.9. The lowest BCUT2D eigenvalue weighted by Crippen LogP contribution is -2.26. The summed E-state index contributed by atoms with van der Waals surface area (Å²) in [5.41, 5.74) is 1.98. The van der Waals surface area contributed by atoms with Crippen molar-refractivity contribution in [3.8, 4) is 0 Å². The van der Waals surface area contributed by atoms with Crippen LogP contribution in [0.4, 0.5) is 11.5 Å². The highest BCUT2D eigenvalue weighted by Crippen LogP contribution is 2.29. The van der Waals surface area contributed by atoms with E-state index in [1.807, 2.05) is 6.92 Å². The predicted octanol–water partition coefficient (Wildman–Crippen LogP) is 2.25. The van der Waals surface area contributed by atoms with E-state index in [-0.39, 0.29) is 23.4 Å². The molecule has 0 bridgehead atoms. The van der Waals surface area contributed by atoms with E-state index in [9.17, 15) is 13.2 Å². The number of aryl methyl sites for hydroxylation is 1. The van der Waals surface area contributed by atoms with E-state index >= 15 is 0 Å². The van der Waals surface area contributed by atoms with Crippen molar-refractivity contribution < 1.29 is 13.2 Å². The Kier molecular flexibility index (Phi) is 6.08. The van der Waals surface area contributed by atoms with E-state index in [2.05, 4.69) is 36.8 Å². The van der Waals surface area contributed by atoms with Crippen molar-refractivity contribution >= 4 is 27.4 Å². The maximum Gasteiger partial charge on any atom is 0.271 e. The van der Waals surface area contributed by atoms with Gasteiger partial charge in [-0.05, 0) is 44.2 Å². The molecule has 2 fully saturated rings. The molecule has 4 rings (SSSR count). The molecule has 1 aliphatic carbocycles. The number of carbonyl (C=O) groups is 1. The minimum atomic E-state index is -3.34. The number of aromatic nitrogens is 3. The summed E-state index contributed by atoms with van der Waals surface area (Å²) in [6.07, 6.45) is 6.72. The number of carbonyl (C=O) groups excluding carboxylic acids is 1. The second kappa shape index (κ2) is 8.78. The molecule has 31 heavy (non-hydrogen) atoms. The van der Waals surface area contributed by atoms with Crippen molar-refractivity contribution in [1.82, 2.24) is 20.3 Å². The number of hydrogen-bond donors (Lipinski definition) is 2. The van der Waals surface area contributed by atoms with Crippen molar-refractivity contribution in [3.63, 3.8) is 0 Å². The summed E-state index contributed by atoms with van der Waals surface area (Å²) in [6, 6.07) is 3.22. The van der Waals surface area contributed by atoms with Gasteiger partial charge >= 0.3 is 0 Å². The normalized spacial score (nSPS) is 18.8. The molecular weight excluding hydrogens is 416 g/mol. The average molecular weight is 445 g/mol. The van der Waals surface area contributed by atoms with Crippen LogP contribution >= 0.6 is 0 Å². The smallest absolute Gasteiger partial charge is 0.271 e. The van der Waals surface area contributed by atoms with Gasteiger partial charge in [0.2, 0.25) is 10.0 Å². The van der Waals surface area contributed by atoms with Crippen LogP contribution in [-0.2, 0) is 16.6 Å². The third kappa shape index (κ3) is 5.12. The second-order valence-corrected chi connectivity index (χ2v) is 10.2. The predicted molar refractivity (Wildman–Crippen MR) is 118 cm³/mol. The van der Waals surface area contributed by atoms with Gasteiger partial charge in [-0.1, -0.05) is 13.3 Å². The summed E-state index contributed by atoms with van der Waals surface area (Å²) in [5, 5.41) is 2.47. The minimum absolute atomic E-state index is 0.157. The summed E-state index contributed by atoms with van der Waals surface area (Å²) in [5.74, 6) is 1.17. The Labute approximate surface area is 182 Å². The summed E-state index contributed by atoms with van der Waals surface area (Å²) < 4.78 is 26.8. The largest absolute Gasteiger partial charge is 0.355 e. The monoisotopic (exact) mass is 444 g/mol. The van der Waals surface area contributed by atoms with Crippen LogP contribution in [0.1, 0.15) is 54.5 Å². The zero-order valence-electron chi connectivity index (χ0n) is 17.8. The van der Waals surface area contributed by atoms with Crippen LogP contribution in [0.3, 0.4) is 0 Å². The lowest BCUT2D eigenvalue weighted by Gasteiger charge is -2.19. The zero-order chi connectivity index (χ0) is 22.0. The molecule has 1 saturated carbocycles.